The Bertz CT molecular complexity index is 548. The topological polar surface area (TPSA) is 96.9 Å². The number of nitrogens with zero attached hydrogens (tertiary/aromatic N) is 1. The maximum absolute atomic E-state index is 12.2. The highest BCUT2D eigenvalue weighted by atomic mass is 79.9. The van der Waals surface area contributed by atoms with Crippen LogP contribution in [0.5, 0.6) is 0 Å². The van der Waals surface area contributed by atoms with Gasteiger partial charge < -0.3 is 21.0 Å². The second-order valence-electron chi connectivity index (χ2n) is 4.64. The lowest BCUT2D eigenvalue weighted by Crippen LogP contribution is -2.29. The van der Waals surface area contributed by atoms with Gasteiger partial charge in [0.25, 0.3) is 0 Å². The summed E-state index contributed by atoms with van der Waals surface area (Å²) in [6, 6.07) is 5.14. The Hall–Kier alpha value is -1.60. The van der Waals surface area contributed by atoms with E-state index in [-0.39, 0.29) is 23.8 Å². The van der Waals surface area contributed by atoms with Crippen molar-refractivity contribution in [2.24, 2.45) is 16.8 Å². The van der Waals surface area contributed by atoms with Gasteiger partial charge in [-0.05, 0) is 31.5 Å². The normalized spacial score (nSPS) is 22.8. The lowest BCUT2D eigenvalue weighted by atomic mass is 10.0. The van der Waals surface area contributed by atoms with Crippen LogP contribution in [-0.2, 0) is 9.53 Å². The number of benzene rings is 1. The number of rotatable bonds is 3. The first-order chi connectivity index (χ1) is 9.52. The van der Waals surface area contributed by atoms with Gasteiger partial charge in [0, 0.05) is 16.6 Å². The van der Waals surface area contributed by atoms with Gasteiger partial charge in [0.1, 0.15) is 0 Å². The van der Waals surface area contributed by atoms with Crippen LogP contribution in [0.15, 0.2) is 27.8 Å². The SMILES string of the molecule is CC1OCCC1C(=O)Nc1cc(Br)ccc1/C(N)=N/O. The van der Waals surface area contributed by atoms with Gasteiger partial charge in [0.2, 0.25) is 5.91 Å². The van der Waals surface area contributed by atoms with E-state index in [4.69, 9.17) is 15.7 Å². The first-order valence-corrected chi connectivity index (χ1v) is 7.02. The molecule has 1 amide bonds. The molecular formula is C13H16BrN3O3. The van der Waals surface area contributed by atoms with E-state index < -0.39 is 0 Å². The quantitative estimate of drug-likeness (QED) is 0.338. The molecule has 20 heavy (non-hydrogen) atoms. The molecule has 2 rings (SSSR count). The standard InChI is InChI=1S/C13H16BrN3O3/c1-7-9(4-5-20-7)13(18)16-11-6-8(14)2-3-10(11)12(15)17-19/h2-3,6-7,9,19H,4-5H2,1H3,(H2,15,17)(H,16,18). The lowest BCUT2D eigenvalue weighted by molar-refractivity contribution is -0.121. The molecule has 1 aromatic carbocycles. The first kappa shape index (κ1) is 14.8. The van der Waals surface area contributed by atoms with Gasteiger partial charge in [-0.1, -0.05) is 21.1 Å². The third-order valence-electron chi connectivity index (χ3n) is 3.34. The monoisotopic (exact) mass is 341 g/mol. The van der Waals surface area contributed by atoms with E-state index in [9.17, 15) is 4.79 Å². The molecule has 1 fully saturated rings. The summed E-state index contributed by atoms with van der Waals surface area (Å²) in [6.45, 7) is 2.47. The highest BCUT2D eigenvalue weighted by Crippen LogP contribution is 2.25. The van der Waals surface area contributed by atoms with Gasteiger partial charge in [-0.25, -0.2) is 0 Å². The van der Waals surface area contributed by atoms with Crippen LogP contribution in [0.4, 0.5) is 5.69 Å². The highest BCUT2D eigenvalue weighted by Gasteiger charge is 2.31. The van der Waals surface area contributed by atoms with E-state index in [0.29, 0.717) is 24.3 Å². The number of amidine groups is 1. The van der Waals surface area contributed by atoms with Gasteiger partial charge in [0.05, 0.1) is 17.7 Å². The van der Waals surface area contributed by atoms with Gasteiger partial charge in [-0.3, -0.25) is 4.79 Å². The van der Waals surface area contributed by atoms with Crippen molar-refractivity contribution in [1.82, 2.24) is 0 Å². The zero-order chi connectivity index (χ0) is 14.7. The van der Waals surface area contributed by atoms with Gasteiger partial charge in [0.15, 0.2) is 5.84 Å². The summed E-state index contributed by atoms with van der Waals surface area (Å²) in [5.74, 6) is -0.363. The average molecular weight is 342 g/mol. The molecule has 2 unspecified atom stereocenters. The Morgan fingerprint density at radius 2 is 2.35 bits per heavy atom. The fourth-order valence-corrected chi connectivity index (χ4v) is 2.56. The summed E-state index contributed by atoms with van der Waals surface area (Å²) in [5.41, 5.74) is 6.58. The van der Waals surface area contributed by atoms with Crippen molar-refractivity contribution < 1.29 is 14.7 Å². The number of ether oxygens (including phenoxy) is 1. The Morgan fingerprint density at radius 3 is 2.95 bits per heavy atom. The smallest absolute Gasteiger partial charge is 0.230 e. The summed E-state index contributed by atoms with van der Waals surface area (Å²) in [7, 11) is 0. The average Bonchev–Trinajstić information content (AvgIpc) is 2.84. The van der Waals surface area contributed by atoms with Crippen molar-refractivity contribution in [2.45, 2.75) is 19.4 Å². The van der Waals surface area contributed by atoms with Crippen molar-refractivity contribution in [3.8, 4) is 0 Å². The number of amides is 1. The van der Waals surface area contributed by atoms with E-state index in [2.05, 4.69) is 26.4 Å². The van der Waals surface area contributed by atoms with E-state index in [1.54, 1.807) is 18.2 Å². The summed E-state index contributed by atoms with van der Waals surface area (Å²) in [5, 5.41) is 14.6. The molecule has 4 N–H and O–H groups in total. The van der Waals surface area contributed by atoms with Crippen LogP contribution in [0.25, 0.3) is 0 Å². The molecular weight excluding hydrogens is 326 g/mol. The highest BCUT2D eigenvalue weighted by molar-refractivity contribution is 9.10. The number of hydrogen-bond acceptors (Lipinski definition) is 4. The maximum atomic E-state index is 12.2. The molecule has 0 spiro atoms. The molecule has 7 heteroatoms. The number of carbonyl (C=O) groups is 1. The fraction of sp³-hybridized carbons (Fsp3) is 0.385. The largest absolute Gasteiger partial charge is 0.409 e. The van der Waals surface area contributed by atoms with Crippen LogP contribution in [0.1, 0.15) is 18.9 Å². The van der Waals surface area contributed by atoms with Crippen LogP contribution in [0.2, 0.25) is 0 Å². The third-order valence-corrected chi connectivity index (χ3v) is 3.83. The van der Waals surface area contributed by atoms with E-state index in [0.717, 1.165) is 4.47 Å². The van der Waals surface area contributed by atoms with Crippen LogP contribution in [0, 0.1) is 5.92 Å². The molecule has 0 aliphatic carbocycles. The van der Waals surface area contributed by atoms with E-state index >= 15 is 0 Å². The van der Waals surface area contributed by atoms with Crippen LogP contribution >= 0.6 is 15.9 Å². The van der Waals surface area contributed by atoms with E-state index in [1.807, 2.05) is 6.92 Å². The second kappa shape index (κ2) is 6.23. The van der Waals surface area contributed by atoms with Crippen molar-refractivity contribution in [2.75, 3.05) is 11.9 Å². The number of nitrogens with one attached hydrogen (secondary N) is 1. The summed E-state index contributed by atoms with van der Waals surface area (Å²) < 4.78 is 6.18. The minimum atomic E-state index is -0.186. The number of oxime groups is 1. The molecule has 1 aliphatic heterocycles. The molecule has 108 valence electrons. The number of carbonyl (C=O) groups excluding carboxylic acids is 1. The van der Waals surface area contributed by atoms with Crippen LogP contribution in [0.3, 0.4) is 0 Å². The molecule has 2 atom stereocenters. The number of nitrogens with two attached hydrogens (primary N) is 1. The Kier molecular flexibility index (Phi) is 4.61. The minimum Gasteiger partial charge on any atom is -0.409 e. The molecule has 0 radical (unpaired) electrons. The predicted octanol–water partition coefficient (Wildman–Crippen LogP) is 1.91. The minimum absolute atomic E-state index is 0.0523. The molecule has 0 aromatic heterocycles. The number of halogens is 1. The van der Waals surface area contributed by atoms with Crippen molar-refractivity contribution in [3.63, 3.8) is 0 Å². The van der Waals surface area contributed by atoms with Gasteiger partial charge in [-0.15, -0.1) is 0 Å². The third kappa shape index (κ3) is 3.10. The van der Waals surface area contributed by atoms with Gasteiger partial charge in [-0.2, -0.15) is 0 Å². The summed E-state index contributed by atoms with van der Waals surface area (Å²) in [6.07, 6.45) is 0.592. The Morgan fingerprint density at radius 1 is 1.60 bits per heavy atom. The number of anilines is 1. The molecule has 1 aliphatic rings. The fourth-order valence-electron chi connectivity index (χ4n) is 2.20. The Balaban J connectivity index is 2.24. The van der Waals surface area contributed by atoms with Crippen molar-refractivity contribution in [3.05, 3.63) is 28.2 Å². The predicted molar refractivity (Wildman–Crippen MR) is 78.8 cm³/mol. The Labute approximate surface area is 125 Å². The lowest BCUT2D eigenvalue weighted by Gasteiger charge is -2.16. The maximum Gasteiger partial charge on any atom is 0.230 e. The molecule has 0 saturated carbocycles. The summed E-state index contributed by atoms with van der Waals surface area (Å²) >= 11 is 3.33. The van der Waals surface area contributed by atoms with Crippen LogP contribution in [-0.4, -0.2) is 29.7 Å². The van der Waals surface area contributed by atoms with Gasteiger partial charge >= 0.3 is 0 Å². The molecule has 1 aromatic rings. The summed E-state index contributed by atoms with van der Waals surface area (Å²) in [4.78, 5) is 12.2. The molecule has 1 heterocycles. The number of hydrogen-bond donors (Lipinski definition) is 3. The van der Waals surface area contributed by atoms with Crippen molar-refractivity contribution >= 4 is 33.4 Å². The second-order valence-corrected chi connectivity index (χ2v) is 5.55. The first-order valence-electron chi connectivity index (χ1n) is 6.23. The molecule has 1 saturated heterocycles. The zero-order valence-electron chi connectivity index (χ0n) is 11.0. The molecule has 6 nitrogen and oxygen atoms in total. The zero-order valence-corrected chi connectivity index (χ0v) is 12.6. The van der Waals surface area contributed by atoms with Crippen molar-refractivity contribution in [1.29, 1.82) is 0 Å². The van der Waals surface area contributed by atoms with E-state index in [1.165, 1.54) is 0 Å². The van der Waals surface area contributed by atoms with Crippen LogP contribution < -0.4 is 11.1 Å². The molecule has 0 bridgehead atoms.